The molecule has 0 aliphatic heterocycles. The molecule has 0 spiro atoms. The summed E-state index contributed by atoms with van der Waals surface area (Å²) in [6.07, 6.45) is 2.12. The third kappa shape index (κ3) is 6.96. The maximum absolute atomic E-state index is 12.2. The van der Waals surface area contributed by atoms with Crippen LogP contribution in [0.4, 0.5) is 0 Å². The summed E-state index contributed by atoms with van der Waals surface area (Å²) in [5.74, 6) is 0.990. The average molecular weight is 383 g/mol. The van der Waals surface area contributed by atoms with Crippen molar-refractivity contribution in [1.82, 2.24) is 5.32 Å². The summed E-state index contributed by atoms with van der Waals surface area (Å²) in [7, 11) is 1.53. The molecule has 0 fully saturated rings. The fraction of sp³-hybridized carbons (Fsp3) is 0.391. The van der Waals surface area contributed by atoms with Gasteiger partial charge in [-0.2, -0.15) is 5.26 Å². The molecule has 2 aromatic rings. The second-order valence-electron chi connectivity index (χ2n) is 6.48. The van der Waals surface area contributed by atoms with Crippen molar-refractivity contribution in [3.63, 3.8) is 0 Å². The van der Waals surface area contributed by atoms with E-state index in [0.717, 1.165) is 18.4 Å². The number of amides is 1. The Labute approximate surface area is 168 Å². The van der Waals surface area contributed by atoms with Crippen molar-refractivity contribution in [2.45, 2.75) is 40.5 Å². The van der Waals surface area contributed by atoms with Crippen molar-refractivity contribution < 1.29 is 14.3 Å². The number of carbonyl (C=O) groups excluding carboxylic acids is 1. The minimum atomic E-state index is -0.0449. The maximum atomic E-state index is 12.2. The number of ether oxygens (including phenoxy) is 2. The maximum Gasteiger partial charge on any atom is 0.224 e. The Morgan fingerprint density at radius 1 is 1.07 bits per heavy atom. The minimum absolute atomic E-state index is 0. The highest BCUT2D eigenvalue weighted by atomic mass is 16.5. The van der Waals surface area contributed by atoms with Crippen LogP contribution in [-0.4, -0.2) is 26.2 Å². The van der Waals surface area contributed by atoms with Crippen LogP contribution in [-0.2, 0) is 17.6 Å². The lowest BCUT2D eigenvalue weighted by Gasteiger charge is -2.11. The molecule has 1 amide bonds. The zero-order chi connectivity index (χ0) is 19.6. The quantitative estimate of drug-likeness (QED) is 0.662. The van der Waals surface area contributed by atoms with Gasteiger partial charge in [-0.1, -0.05) is 31.7 Å². The lowest BCUT2D eigenvalue weighted by Crippen LogP contribution is -2.26. The molecule has 0 aliphatic rings. The molecule has 0 atom stereocenters. The second kappa shape index (κ2) is 11.7. The smallest absolute Gasteiger partial charge is 0.224 e. The van der Waals surface area contributed by atoms with E-state index in [9.17, 15) is 4.79 Å². The predicted molar refractivity (Wildman–Crippen MR) is 112 cm³/mol. The van der Waals surface area contributed by atoms with Gasteiger partial charge in [-0.05, 0) is 61.1 Å². The molecule has 0 radical (unpaired) electrons. The highest BCUT2D eigenvalue weighted by Crippen LogP contribution is 2.28. The van der Waals surface area contributed by atoms with Gasteiger partial charge in [0.05, 0.1) is 13.5 Å². The Bertz CT molecular complexity index is 825. The summed E-state index contributed by atoms with van der Waals surface area (Å²) >= 11 is 0. The van der Waals surface area contributed by atoms with E-state index in [2.05, 4.69) is 37.4 Å². The van der Waals surface area contributed by atoms with Crippen LogP contribution in [0.2, 0.25) is 0 Å². The first-order valence-corrected chi connectivity index (χ1v) is 9.03. The average Bonchev–Trinajstić information content (AvgIpc) is 2.66. The number of nitrogens with zero attached hydrogens (tertiary/aromatic N) is 1. The highest BCUT2D eigenvalue weighted by molar-refractivity contribution is 5.78. The van der Waals surface area contributed by atoms with Crippen molar-refractivity contribution in [3.8, 4) is 17.6 Å². The van der Waals surface area contributed by atoms with Crippen LogP contribution in [0.3, 0.4) is 0 Å². The van der Waals surface area contributed by atoms with E-state index >= 15 is 0 Å². The second-order valence-corrected chi connectivity index (χ2v) is 6.48. The molecule has 2 rings (SSSR count). The topological polar surface area (TPSA) is 71.3 Å². The molecular formula is C23H30N2O3. The van der Waals surface area contributed by atoms with Gasteiger partial charge in [0.15, 0.2) is 18.1 Å². The third-order valence-corrected chi connectivity index (χ3v) is 4.42. The van der Waals surface area contributed by atoms with E-state index in [4.69, 9.17) is 14.7 Å². The Hall–Kier alpha value is -3.00. The number of carbonyl (C=O) groups is 1. The number of benzene rings is 2. The molecule has 28 heavy (non-hydrogen) atoms. The van der Waals surface area contributed by atoms with Gasteiger partial charge in [0.1, 0.15) is 6.07 Å². The molecule has 5 nitrogen and oxygen atoms in total. The number of rotatable bonds is 9. The van der Waals surface area contributed by atoms with Crippen molar-refractivity contribution in [3.05, 3.63) is 58.7 Å². The lowest BCUT2D eigenvalue weighted by atomic mass is 10.0. The van der Waals surface area contributed by atoms with Crippen LogP contribution in [0.15, 0.2) is 36.4 Å². The largest absolute Gasteiger partial charge is 0.493 e. The van der Waals surface area contributed by atoms with Crippen molar-refractivity contribution >= 4 is 5.91 Å². The molecule has 0 bridgehead atoms. The van der Waals surface area contributed by atoms with Gasteiger partial charge in [-0.25, -0.2) is 0 Å². The molecule has 0 aromatic heterocycles. The van der Waals surface area contributed by atoms with Crippen LogP contribution in [0, 0.1) is 25.2 Å². The standard InChI is InChI=1S/C22H26N2O3.CH4/c1-16-6-7-18(13-17(16)2)5-4-11-24-22(25)15-19-8-9-20(27-12-10-23)21(14-19)26-3;/h6-9,13-14H,4-5,11-12,15H2,1-3H3,(H,24,25);1H4. The van der Waals surface area contributed by atoms with Gasteiger partial charge in [0, 0.05) is 6.54 Å². The summed E-state index contributed by atoms with van der Waals surface area (Å²) in [6, 6.07) is 13.7. The van der Waals surface area contributed by atoms with Crippen LogP contribution < -0.4 is 14.8 Å². The Kier molecular flexibility index (Phi) is 9.59. The SMILES string of the molecule is C.COc1cc(CC(=O)NCCCc2ccc(C)c(C)c2)ccc1OCC#N. The molecular weight excluding hydrogens is 352 g/mol. The Morgan fingerprint density at radius 3 is 2.50 bits per heavy atom. The van der Waals surface area contributed by atoms with Gasteiger partial charge in [0.25, 0.3) is 0 Å². The van der Waals surface area contributed by atoms with E-state index in [1.54, 1.807) is 12.1 Å². The summed E-state index contributed by atoms with van der Waals surface area (Å²) < 4.78 is 10.6. The van der Waals surface area contributed by atoms with Crippen LogP contribution in [0.1, 0.15) is 36.1 Å². The van der Waals surface area contributed by atoms with Crippen molar-refractivity contribution in [2.24, 2.45) is 0 Å². The molecule has 5 heteroatoms. The number of hydrogen-bond donors (Lipinski definition) is 1. The zero-order valence-electron chi connectivity index (χ0n) is 16.2. The van der Waals surface area contributed by atoms with Gasteiger partial charge in [-0.15, -0.1) is 0 Å². The first kappa shape index (κ1) is 23.0. The van der Waals surface area contributed by atoms with Crippen LogP contribution >= 0.6 is 0 Å². The normalized spacial score (nSPS) is 9.79. The van der Waals surface area contributed by atoms with E-state index in [0.29, 0.717) is 18.0 Å². The van der Waals surface area contributed by atoms with Gasteiger partial charge >= 0.3 is 0 Å². The monoisotopic (exact) mass is 382 g/mol. The van der Waals surface area contributed by atoms with E-state index in [1.807, 2.05) is 12.1 Å². The van der Waals surface area contributed by atoms with Gasteiger partial charge in [0.2, 0.25) is 5.91 Å². The zero-order valence-corrected chi connectivity index (χ0v) is 16.2. The van der Waals surface area contributed by atoms with E-state index < -0.39 is 0 Å². The molecule has 0 saturated carbocycles. The van der Waals surface area contributed by atoms with E-state index in [1.165, 1.54) is 23.8 Å². The molecule has 0 aliphatic carbocycles. The summed E-state index contributed by atoms with van der Waals surface area (Å²) in [5.41, 5.74) is 4.73. The number of hydrogen-bond acceptors (Lipinski definition) is 4. The van der Waals surface area contributed by atoms with Gasteiger partial charge in [-0.3, -0.25) is 4.79 Å². The number of nitrogens with one attached hydrogen (secondary N) is 1. The van der Waals surface area contributed by atoms with Crippen LogP contribution in [0.25, 0.3) is 0 Å². The molecule has 0 unspecified atom stereocenters. The van der Waals surface area contributed by atoms with E-state index in [-0.39, 0.29) is 26.4 Å². The fourth-order valence-corrected chi connectivity index (χ4v) is 2.78. The molecule has 2 aromatic carbocycles. The van der Waals surface area contributed by atoms with Crippen molar-refractivity contribution in [2.75, 3.05) is 20.3 Å². The Morgan fingerprint density at radius 2 is 1.82 bits per heavy atom. The van der Waals surface area contributed by atoms with Crippen molar-refractivity contribution in [1.29, 1.82) is 5.26 Å². The van der Waals surface area contributed by atoms with Crippen LogP contribution in [0.5, 0.6) is 11.5 Å². The fourth-order valence-electron chi connectivity index (χ4n) is 2.78. The Balaban J connectivity index is 0.00000392. The lowest BCUT2D eigenvalue weighted by molar-refractivity contribution is -0.120. The molecule has 1 N–H and O–H groups in total. The molecule has 0 saturated heterocycles. The van der Waals surface area contributed by atoms with Gasteiger partial charge < -0.3 is 14.8 Å². The third-order valence-electron chi connectivity index (χ3n) is 4.42. The highest BCUT2D eigenvalue weighted by Gasteiger charge is 2.09. The predicted octanol–water partition coefficient (Wildman–Crippen LogP) is 4.14. The summed E-state index contributed by atoms with van der Waals surface area (Å²) in [4.78, 5) is 12.2. The number of aryl methyl sites for hydroxylation is 3. The first-order valence-electron chi connectivity index (χ1n) is 9.03. The summed E-state index contributed by atoms with van der Waals surface area (Å²) in [6.45, 7) is 4.82. The first-order chi connectivity index (χ1) is 13.0. The molecule has 0 heterocycles. The number of nitriles is 1. The number of methoxy groups -OCH3 is 1. The molecule has 150 valence electrons. The minimum Gasteiger partial charge on any atom is -0.493 e. The summed E-state index contributed by atoms with van der Waals surface area (Å²) in [5, 5.41) is 11.6.